The van der Waals surface area contributed by atoms with Crippen LogP contribution in [-0.4, -0.2) is 31.7 Å². The number of nitrogens with zero attached hydrogens (tertiary/aromatic N) is 3. The molecule has 4 rings (SSSR count). The third-order valence-corrected chi connectivity index (χ3v) is 5.48. The molecule has 0 atom stereocenters. The minimum Gasteiger partial charge on any atom is -0.504 e. The monoisotopic (exact) mass is 421 g/mol. The molecule has 0 radical (unpaired) electrons. The molecule has 0 aliphatic rings. The van der Waals surface area contributed by atoms with Crippen molar-refractivity contribution in [2.45, 2.75) is 19.3 Å². The lowest BCUT2D eigenvalue weighted by Crippen LogP contribution is -2.41. The van der Waals surface area contributed by atoms with Gasteiger partial charge in [0.25, 0.3) is 5.91 Å². The number of thiazole rings is 1. The lowest BCUT2D eigenvalue weighted by Gasteiger charge is -2.05. The smallest absolute Gasteiger partial charge is 0.294 e. The highest BCUT2D eigenvalue weighted by atomic mass is 32.1. The molecule has 0 saturated carbocycles. The third-order valence-electron chi connectivity index (χ3n) is 4.38. The van der Waals surface area contributed by atoms with Crippen LogP contribution >= 0.6 is 11.3 Å². The molecule has 30 heavy (non-hydrogen) atoms. The molecule has 3 N–H and O–H groups in total. The van der Waals surface area contributed by atoms with E-state index >= 15 is 0 Å². The first kappa shape index (κ1) is 19.6. The van der Waals surface area contributed by atoms with E-state index in [1.807, 2.05) is 42.5 Å². The maximum absolute atomic E-state index is 12.2. The fraction of sp³-hybridized carbons (Fsp3) is 0.143. The van der Waals surface area contributed by atoms with E-state index < -0.39 is 5.91 Å². The molecule has 0 unspecified atom stereocenters. The van der Waals surface area contributed by atoms with Gasteiger partial charge in [0.05, 0.1) is 27.1 Å². The maximum atomic E-state index is 12.2. The number of hydrogen-bond acceptors (Lipinski definition) is 6. The lowest BCUT2D eigenvalue weighted by molar-refractivity contribution is -0.121. The van der Waals surface area contributed by atoms with Crippen molar-refractivity contribution in [3.63, 3.8) is 0 Å². The summed E-state index contributed by atoms with van der Waals surface area (Å²) in [4.78, 5) is 28.8. The first-order valence-corrected chi connectivity index (χ1v) is 10.2. The SMILES string of the molecule is O=C(CCCc1nc2ccccc2s1)NNC(=O)c1nn(-c2ccccc2)cc1O. The zero-order chi connectivity index (χ0) is 20.9. The second-order valence-corrected chi connectivity index (χ2v) is 7.69. The summed E-state index contributed by atoms with van der Waals surface area (Å²) < 4.78 is 2.52. The van der Waals surface area contributed by atoms with E-state index in [4.69, 9.17) is 0 Å². The van der Waals surface area contributed by atoms with Crippen LogP contribution in [0.15, 0.2) is 60.8 Å². The van der Waals surface area contributed by atoms with Crippen molar-refractivity contribution in [2.24, 2.45) is 0 Å². The van der Waals surface area contributed by atoms with E-state index in [0.717, 1.165) is 15.2 Å². The Morgan fingerprint density at radius 1 is 1.03 bits per heavy atom. The molecule has 4 aromatic rings. The van der Waals surface area contributed by atoms with Gasteiger partial charge >= 0.3 is 0 Å². The van der Waals surface area contributed by atoms with Crippen molar-refractivity contribution in [2.75, 3.05) is 0 Å². The molecule has 2 aromatic carbocycles. The van der Waals surface area contributed by atoms with Crippen molar-refractivity contribution in [3.05, 3.63) is 71.5 Å². The molecule has 2 aromatic heterocycles. The van der Waals surface area contributed by atoms with Crippen LogP contribution in [0.25, 0.3) is 15.9 Å². The Kier molecular flexibility index (Phi) is 5.71. The molecule has 8 nitrogen and oxygen atoms in total. The molecule has 152 valence electrons. The predicted octanol–water partition coefficient (Wildman–Crippen LogP) is 2.97. The standard InChI is InChI=1S/C21H19N5O3S/c27-16-13-26(14-7-2-1-3-8-14)25-20(16)21(29)24-23-18(28)11-6-12-19-22-15-9-4-5-10-17(15)30-19/h1-5,7-10,13,27H,6,11-12H2,(H,23,28)(H,24,29). The summed E-state index contributed by atoms with van der Waals surface area (Å²) in [6.07, 6.45) is 2.86. The van der Waals surface area contributed by atoms with E-state index in [1.165, 1.54) is 10.9 Å². The van der Waals surface area contributed by atoms with Gasteiger partial charge in [0.1, 0.15) is 0 Å². The summed E-state index contributed by atoms with van der Waals surface area (Å²) in [6.45, 7) is 0. The number of benzene rings is 2. The largest absolute Gasteiger partial charge is 0.504 e. The topological polar surface area (TPSA) is 109 Å². The molecule has 0 fully saturated rings. The highest BCUT2D eigenvalue weighted by Gasteiger charge is 2.17. The molecule has 2 heterocycles. The molecule has 0 bridgehead atoms. The normalized spacial score (nSPS) is 10.8. The average molecular weight is 421 g/mol. The van der Waals surface area contributed by atoms with E-state index in [1.54, 1.807) is 23.5 Å². The number of amides is 2. The van der Waals surface area contributed by atoms with Crippen molar-refractivity contribution in [3.8, 4) is 11.4 Å². The first-order valence-electron chi connectivity index (χ1n) is 9.38. The fourth-order valence-electron chi connectivity index (χ4n) is 2.91. The number of carbonyl (C=O) groups is 2. The van der Waals surface area contributed by atoms with Gasteiger partial charge in [-0.25, -0.2) is 9.67 Å². The van der Waals surface area contributed by atoms with Crippen LogP contribution in [0.1, 0.15) is 28.3 Å². The Labute approximate surface area is 176 Å². The Morgan fingerprint density at radius 2 is 1.80 bits per heavy atom. The summed E-state index contributed by atoms with van der Waals surface area (Å²) in [7, 11) is 0. The molecule has 0 spiro atoms. The Balaban J connectivity index is 1.26. The van der Waals surface area contributed by atoms with Gasteiger partial charge in [-0.1, -0.05) is 30.3 Å². The second-order valence-electron chi connectivity index (χ2n) is 6.57. The molecule has 0 aliphatic heterocycles. The summed E-state index contributed by atoms with van der Waals surface area (Å²) >= 11 is 1.62. The summed E-state index contributed by atoms with van der Waals surface area (Å²) in [5.74, 6) is -1.30. The van der Waals surface area contributed by atoms with E-state index in [-0.39, 0.29) is 23.8 Å². The minimum absolute atomic E-state index is 0.173. The summed E-state index contributed by atoms with van der Waals surface area (Å²) in [6, 6.07) is 17.0. The van der Waals surface area contributed by atoms with Crippen molar-refractivity contribution in [1.82, 2.24) is 25.6 Å². The van der Waals surface area contributed by atoms with Crippen LogP contribution in [0.3, 0.4) is 0 Å². The number of hydrogen-bond donors (Lipinski definition) is 3. The molecular formula is C21H19N5O3S. The number of carbonyl (C=O) groups excluding carboxylic acids is 2. The van der Waals surface area contributed by atoms with E-state index in [0.29, 0.717) is 18.5 Å². The van der Waals surface area contributed by atoms with Crippen LogP contribution in [0.2, 0.25) is 0 Å². The van der Waals surface area contributed by atoms with E-state index in [2.05, 4.69) is 20.9 Å². The second kappa shape index (κ2) is 8.75. The zero-order valence-electron chi connectivity index (χ0n) is 15.9. The Hall–Kier alpha value is -3.72. The van der Waals surface area contributed by atoms with Gasteiger partial charge in [0.15, 0.2) is 11.4 Å². The van der Waals surface area contributed by atoms with E-state index in [9.17, 15) is 14.7 Å². The van der Waals surface area contributed by atoms with Crippen molar-refractivity contribution >= 4 is 33.4 Å². The molecule has 9 heteroatoms. The number of aromatic nitrogens is 3. The highest BCUT2D eigenvalue weighted by molar-refractivity contribution is 7.18. The van der Waals surface area contributed by atoms with Gasteiger partial charge in [0.2, 0.25) is 5.91 Å². The molecular weight excluding hydrogens is 402 g/mol. The number of aryl methyl sites for hydroxylation is 1. The number of nitrogens with one attached hydrogen (secondary N) is 2. The summed E-state index contributed by atoms with van der Waals surface area (Å²) in [5, 5.41) is 15.0. The highest BCUT2D eigenvalue weighted by Crippen LogP contribution is 2.22. The molecule has 0 aliphatic carbocycles. The lowest BCUT2D eigenvalue weighted by atomic mass is 10.2. The van der Waals surface area contributed by atoms with Gasteiger partial charge in [-0.2, -0.15) is 5.10 Å². The minimum atomic E-state index is -0.693. The summed E-state index contributed by atoms with van der Waals surface area (Å²) in [5.41, 5.74) is 6.13. The molecule has 2 amide bonds. The Morgan fingerprint density at radius 3 is 2.60 bits per heavy atom. The Bertz CT molecular complexity index is 1150. The van der Waals surface area contributed by atoms with Crippen LogP contribution in [0, 0.1) is 0 Å². The van der Waals surface area contributed by atoms with Crippen molar-refractivity contribution < 1.29 is 14.7 Å². The zero-order valence-corrected chi connectivity index (χ0v) is 16.7. The molecule has 0 saturated heterocycles. The van der Waals surface area contributed by atoms with Gasteiger partial charge in [-0.05, 0) is 37.1 Å². The fourth-order valence-corrected chi connectivity index (χ4v) is 3.92. The van der Waals surface area contributed by atoms with Gasteiger partial charge < -0.3 is 5.11 Å². The number of fused-ring (bicyclic) bond motifs is 1. The number of hydrazine groups is 1. The van der Waals surface area contributed by atoms with Crippen LogP contribution in [0.4, 0.5) is 0 Å². The van der Waals surface area contributed by atoms with Crippen LogP contribution in [0.5, 0.6) is 5.75 Å². The van der Waals surface area contributed by atoms with Crippen LogP contribution in [-0.2, 0) is 11.2 Å². The predicted molar refractivity (Wildman–Crippen MR) is 113 cm³/mol. The van der Waals surface area contributed by atoms with Gasteiger partial charge in [-0.3, -0.25) is 20.4 Å². The van der Waals surface area contributed by atoms with Gasteiger partial charge in [-0.15, -0.1) is 11.3 Å². The van der Waals surface area contributed by atoms with Gasteiger partial charge in [0, 0.05) is 6.42 Å². The first-order chi connectivity index (χ1) is 14.6. The average Bonchev–Trinajstić information content (AvgIpc) is 3.35. The quantitative estimate of drug-likeness (QED) is 0.415. The number of rotatable bonds is 6. The van der Waals surface area contributed by atoms with Crippen LogP contribution < -0.4 is 10.9 Å². The maximum Gasteiger partial charge on any atom is 0.294 e. The number of aromatic hydroxyl groups is 1. The van der Waals surface area contributed by atoms with Crippen molar-refractivity contribution in [1.29, 1.82) is 0 Å². The third kappa shape index (κ3) is 4.47. The number of para-hydroxylation sites is 2.